The van der Waals surface area contributed by atoms with Gasteiger partial charge >= 0.3 is 11.9 Å². The highest BCUT2D eigenvalue weighted by atomic mass is 16.4. The molecule has 4 heteroatoms. The first-order chi connectivity index (χ1) is 11.2. The predicted molar refractivity (Wildman–Crippen MR) is 97.7 cm³/mol. The average molecular weight is 328 g/mol. The van der Waals surface area contributed by atoms with E-state index in [0.29, 0.717) is 0 Å². The Labute approximate surface area is 143 Å². The Bertz CT molecular complexity index is 608. The van der Waals surface area contributed by atoms with Crippen molar-refractivity contribution in [3.8, 4) is 0 Å². The van der Waals surface area contributed by atoms with Gasteiger partial charge in [0.15, 0.2) is 0 Å². The highest BCUT2D eigenvalue weighted by Gasteiger charge is 1.96. The van der Waals surface area contributed by atoms with E-state index in [1.807, 2.05) is 50.3 Å². The van der Waals surface area contributed by atoms with Gasteiger partial charge in [0.05, 0.1) is 0 Å². The molecule has 0 spiro atoms. The number of carboxylic acid groups (broad SMARTS) is 2. The van der Waals surface area contributed by atoms with Gasteiger partial charge in [-0.05, 0) is 27.7 Å². The molecule has 0 aromatic rings. The number of hydrogen-bond donors (Lipinski definition) is 2. The van der Waals surface area contributed by atoms with Crippen molar-refractivity contribution in [2.75, 3.05) is 0 Å². The third kappa shape index (κ3) is 10.8. The van der Waals surface area contributed by atoms with Crippen LogP contribution in [0.4, 0.5) is 0 Å². The van der Waals surface area contributed by atoms with Crippen LogP contribution in [-0.2, 0) is 9.59 Å². The van der Waals surface area contributed by atoms with Crippen LogP contribution in [0.15, 0.2) is 83.1 Å². The maximum atomic E-state index is 10.6. The second kappa shape index (κ2) is 11.7. The number of aliphatic carboxylic acids is 2. The minimum atomic E-state index is -0.928. The fourth-order valence-electron chi connectivity index (χ4n) is 1.36. The third-order valence-electron chi connectivity index (χ3n) is 2.91. The standard InChI is InChI=1S/C20H24O4/c1-15(11-7-13-17(3)19(21)22)9-5-6-10-16(2)12-8-14-18(4)20(23)24/h5-14H,1-4H3,(H,21,22)(H,23,24)/b6-5+,11-7-,12-8-,15-9-,16-10+,17-13-,18-14-. The van der Waals surface area contributed by atoms with E-state index in [-0.39, 0.29) is 11.1 Å². The fraction of sp³-hybridized carbons (Fsp3) is 0.200. The number of hydrogen-bond acceptors (Lipinski definition) is 2. The number of carboxylic acids is 2. The average Bonchev–Trinajstić information content (AvgIpc) is 2.51. The van der Waals surface area contributed by atoms with Crippen LogP contribution in [0.2, 0.25) is 0 Å². The summed E-state index contributed by atoms with van der Waals surface area (Å²) in [5.41, 5.74) is 2.55. The summed E-state index contributed by atoms with van der Waals surface area (Å²) < 4.78 is 0. The van der Waals surface area contributed by atoms with E-state index in [2.05, 4.69) is 0 Å². The van der Waals surface area contributed by atoms with Crippen molar-refractivity contribution in [3.05, 3.63) is 83.1 Å². The van der Waals surface area contributed by atoms with Gasteiger partial charge in [-0.2, -0.15) is 0 Å². The topological polar surface area (TPSA) is 74.6 Å². The van der Waals surface area contributed by atoms with E-state index in [1.54, 1.807) is 38.2 Å². The zero-order valence-electron chi connectivity index (χ0n) is 14.5. The number of allylic oxidation sites excluding steroid dienone is 12. The van der Waals surface area contributed by atoms with Crippen LogP contribution in [0.1, 0.15) is 27.7 Å². The normalized spacial score (nSPS) is 15.0. The lowest BCUT2D eigenvalue weighted by Gasteiger charge is -1.90. The minimum absolute atomic E-state index is 0.284. The van der Waals surface area contributed by atoms with E-state index in [4.69, 9.17) is 10.2 Å². The summed E-state index contributed by atoms with van der Waals surface area (Å²) in [6, 6.07) is 0. The van der Waals surface area contributed by atoms with Gasteiger partial charge in [-0.1, -0.05) is 71.9 Å². The quantitative estimate of drug-likeness (QED) is 0.504. The molecule has 4 nitrogen and oxygen atoms in total. The van der Waals surface area contributed by atoms with Gasteiger partial charge in [0.1, 0.15) is 0 Å². The Balaban J connectivity index is 4.63. The highest BCUT2D eigenvalue weighted by molar-refractivity contribution is 5.86. The van der Waals surface area contributed by atoms with E-state index in [0.717, 1.165) is 11.1 Å². The van der Waals surface area contributed by atoms with Crippen LogP contribution in [0.5, 0.6) is 0 Å². The molecule has 0 bridgehead atoms. The van der Waals surface area contributed by atoms with Gasteiger partial charge in [0.2, 0.25) is 0 Å². The first-order valence-electron chi connectivity index (χ1n) is 7.42. The van der Waals surface area contributed by atoms with Gasteiger partial charge in [0, 0.05) is 11.1 Å². The monoisotopic (exact) mass is 328 g/mol. The summed E-state index contributed by atoms with van der Waals surface area (Å²) in [4.78, 5) is 21.2. The lowest BCUT2D eigenvalue weighted by atomic mass is 10.2. The summed E-state index contributed by atoms with van der Waals surface area (Å²) >= 11 is 0. The molecule has 0 saturated heterocycles. The SMILES string of the molecule is CC(/C=C\C=C(\C)C(=O)O)=C/C=C/C=C(C)/C=C\C=C(\C)C(=O)O. The minimum Gasteiger partial charge on any atom is -0.478 e. The molecule has 0 atom stereocenters. The molecule has 0 fully saturated rings. The van der Waals surface area contributed by atoms with Crippen LogP contribution in [0.3, 0.4) is 0 Å². The van der Waals surface area contributed by atoms with Gasteiger partial charge in [-0.15, -0.1) is 0 Å². The second-order valence-electron chi connectivity index (χ2n) is 5.23. The largest absolute Gasteiger partial charge is 0.478 e. The second-order valence-corrected chi connectivity index (χ2v) is 5.23. The molecule has 0 saturated carbocycles. The summed E-state index contributed by atoms with van der Waals surface area (Å²) in [5.74, 6) is -1.86. The van der Waals surface area contributed by atoms with Crippen molar-refractivity contribution in [1.82, 2.24) is 0 Å². The van der Waals surface area contributed by atoms with Crippen molar-refractivity contribution in [2.24, 2.45) is 0 Å². The summed E-state index contributed by atoms with van der Waals surface area (Å²) in [5, 5.41) is 17.4. The maximum Gasteiger partial charge on any atom is 0.331 e. The first-order valence-corrected chi connectivity index (χ1v) is 7.42. The molecule has 0 aromatic carbocycles. The van der Waals surface area contributed by atoms with Crippen LogP contribution in [0, 0.1) is 0 Å². The number of rotatable bonds is 8. The van der Waals surface area contributed by atoms with Gasteiger partial charge in [-0.25, -0.2) is 9.59 Å². The third-order valence-corrected chi connectivity index (χ3v) is 2.91. The van der Waals surface area contributed by atoms with Crippen LogP contribution in [0.25, 0.3) is 0 Å². The van der Waals surface area contributed by atoms with Crippen molar-refractivity contribution in [2.45, 2.75) is 27.7 Å². The Morgan fingerprint density at radius 1 is 0.583 bits per heavy atom. The Morgan fingerprint density at radius 2 is 0.917 bits per heavy atom. The van der Waals surface area contributed by atoms with Crippen LogP contribution >= 0.6 is 0 Å². The molecule has 0 heterocycles. The number of carbonyl (C=O) groups is 2. The summed E-state index contributed by atoms with van der Waals surface area (Å²) in [6.07, 6.45) is 17.7. The lowest BCUT2D eigenvalue weighted by Crippen LogP contribution is -1.94. The van der Waals surface area contributed by atoms with Gasteiger partial charge in [-0.3, -0.25) is 0 Å². The van der Waals surface area contributed by atoms with Crippen molar-refractivity contribution in [1.29, 1.82) is 0 Å². The van der Waals surface area contributed by atoms with E-state index >= 15 is 0 Å². The Morgan fingerprint density at radius 3 is 1.21 bits per heavy atom. The molecule has 0 aliphatic heterocycles. The Kier molecular flexibility index (Phi) is 10.3. The van der Waals surface area contributed by atoms with Crippen LogP contribution in [-0.4, -0.2) is 22.2 Å². The molecule has 0 radical (unpaired) electrons. The lowest BCUT2D eigenvalue weighted by molar-refractivity contribution is -0.133. The predicted octanol–water partition coefficient (Wildman–Crippen LogP) is 4.61. The summed E-state index contributed by atoms with van der Waals surface area (Å²) in [6.45, 7) is 6.92. The molecule has 0 aliphatic carbocycles. The smallest absolute Gasteiger partial charge is 0.331 e. The molecular formula is C20H24O4. The maximum absolute atomic E-state index is 10.6. The molecule has 128 valence electrons. The molecule has 0 aliphatic rings. The zero-order chi connectivity index (χ0) is 18.5. The molecule has 0 rings (SSSR count). The molecule has 24 heavy (non-hydrogen) atoms. The first kappa shape index (κ1) is 21.1. The van der Waals surface area contributed by atoms with Crippen LogP contribution < -0.4 is 0 Å². The van der Waals surface area contributed by atoms with Gasteiger partial charge in [0.25, 0.3) is 0 Å². The summed E-state index contributed by atoms with van der Waals surface area (Å²) in [7, 11) is 0. The van der Waals surface area contributed by atoms with E-state index in [9.17, 15) is 9.59 Å². The van der Waals surface area contributed by atoms with E-state index in [1.165, 1.54) is 0 Å². The Hall–Kier alpha value is -2.88. The molecule has 0 amide bonds. The van der Waals surface area contributed by atoms with Crippen molar-refractivity contribution >= 4 is 11.9 Å². The molecule has 0 aromatic heterocycles. The van der Waals surface area contributed by atoms with E-state index < -0.39 is 11.9 Å². The molecular weight excluding hydrogens is 304 g/mol. The van der Waals surface area contributed by atoms with Gasteiger partial charge < -0.3 is 10.2 Å². The van der Waals surface area contributed by atoms with Crippen molar-refractivity contribution in [3.63, 3.8) is 0 Å². The zero-order valence-corrected chi connectivity index (χ0v) is 14.5. The van der Waals surface area contributed by atoms with Crippen molar-refractivity contribution < 1.29 is 19.8 Å². The molecule has 0 unspecified atom stereocenters. The molecule has 2 N–H and O–H groups in total. The highest BCUT2D eigenvalue weighted by Crippen LogP contribution is 2.01. The fourth-order valence-corrected chi connectivity index (χ4v) is 1.36.